The number of hydrogen-bond donors (Lipinski definition) is 5. The summed E-state index contributed by atoms with van der Waals surface area (Å²) in [6.07, 6.45) is -13.3. The Bertz CT molecular complexity index is 858. The summed E-state index contributed by atoms with van der Waals surface area (Å²) in [5.41, 5.74) is 3.31. The van der Waals surface area contributed by atoms with E-state index in [0.29, 0.717) is 24.1 Å². The third-order valence-electron chi connectivity index (χ3n) is 5.71. The fourth-order valence-corrected chi connectivity index (χ4v) is 4.30. The van der Waals surface area contributed by atoms with Crippen molar-refractivity contribution in [1.82, 2.24) is 0 Å². The van der Waals surface area contributed by atoms with Gasteiger partial charge in [0, 0.05) is 30.4 Å². The zero-order chi connectivity index (χ0) is 28.1. The third-order valence-corrected chi connectivity index (χ3v) is 5.71. The Balaban J connectivity index is 0.000000548. The lowest BCUT2D eigenvalue weighted by molar-refractivity contribution is -0.933. The van der Waals surface area contributed by atoms with Crippen LogP contribution < -0.4 is 5.73 Å². The van der Waals surface area contributed by atoms with Gasteiger partial charge in [-0.1, -0.05) is 13.8 Å². The van der Waals surface area contributed by atoms with Crippen molar-refractivity contribution in [2.75, 3.05) is 26.2 Å². The molecule has 1 aliphatic rings. The Morgan fingerprint density at radius 2 is 1.42 bits per heavy atom. The predicted octanol–water partition coefficient (Wildman–Crippen LogP) is 2.55. The summed E-state index contributed by atoms with van der Waals surface area (Å²) in [6.45, 7) is 6.75. The number of rotatable bonds is 8. The Morgan fingerprint density at radius 3 is 1.72 bits per heavy atom. The zero-order valence-electron chi connectivity index (χ0n) is 19.7. The van der Waals surface area contributed by atoms with Crippen molar-refractivity contribution >= 4 is 11.9 Å². The van der Waals surface area contributed by atoms with Crippen LogP contribution in [0.3, 0.4) is 0 Å². The quantitative estimate of drug-likeness (QED) is 0.256. The van der Waals surface area contributed by atoms with Gasteiger partial charge >= 0.3 is 24.3 Å². The highest BCUT2D eigenvalue weighted by molar-refractivity contribution is 5.83. The highest BCUT2D eigenvalue weighted by Gasteiger charge is 2.41. The number of likely N-dealkylation sites (tertiary alicyclic amines) is 1. The number of aliphatic hydroxyl groups excluding tert-OH is 2. The van der Waals surface area contributed by atoms with Crippen molar-refractivity contribution < 1.29 is 60.8 Å². The molecule has 1 aromatic rings. The second kappa shape index (κ2) is 12.2. The van der Waals surface area contributed by atoms with Crippen LogP contribution in [0, 0.1) is 11.8 Å². The fourth-order valence-electron chi connectivity index (χ4n) is 4.30. The van der Waals surface area contributed by atoms with Crippen molar-refractivity contribution in [2.45, 2.75) is 51.4 Å². The van der Waals surface area contributed by atoms with E-state index in [4.69, 9.17) is 26.2 Å². The molecule has 0 radical (unpaired) electrons. The topological polar surface area (TPSA) is 141 Å². The summed E-state index contributed by atoms with van der Waals surface area (Å²) in [5.74, 6) is -3.01. The minimum Gasteiger partial charge on any atom is -0.479 e. The van der Waals surface area contributed by atoms with Crippen molar-refractivity contribution in [3.63, 3.8) is 0 Å². The summed E-state index contributed by atoms with van der Waals surface area (Å²) in [4.78, 5) is 19.5. The van der Waals surface area contributed by atoms with E-state index in [1.54, 1.807) is 0 Å². The molecule has 6 N–H and O–H groups in total. The molecule has 36 heavy (non-hydrogen) atoms. The molecule has 0 amide bonds. The molecular formula is C22H31F6N2O6+. The number of carbonyl (C=O) groups is 2. The Labute approximate surface area is 203 Å². The molecule has 4 atom stereocenters. The number of nitrogens with zero attached hydrogens (tertiary/aromatic N) is 1. The van der Waals surface area contributed by atoms with E-state index in [0.717, 1.165) is 25.1 Å². The van der Waals surface area contributed by atoms with Gasteiger partial charge in [0.25, 0.3) is 0 Å². The maximum absolute atomic E-state index is 13.1. The van der Waals surface area contributed by atoms with E-state index in [1.165, 1.54) is 0 Å². The van der Waals surface area contributed by atoms with Crippen LogP contribution in [0.4, 0.5) is 26.3 Å². The molecule has 1 aromatic carbocycles. The Hall–Kier alpha value is -2.42. The number of carboxylic acid groups (broad SMARTS) is 2. The lowest BCUT2D eigenvalue weighted by Gasteiger charge is -2.36. The van der Waals surface area contributed by atoms with E-state index in [1.807, 2.05) is 13.8 Å². The number of alkyl halides is 6. The molecule has 0 bridgehead atoms. The van der Waals surface area contributed by atoms with Crippen molar-refractivity contribution in [3.8, 4) is 0 Å². The molecule has 0 spiro atoms. The van der Waals surface area contributed by atoms with Gasteiger partial charge < -0.3 is 30.6 Å². The maximum Gasteiger partial charge on any atom is 0.416 e. The van der Waals surface area contributed by atoms with Crippen LogP contribution in [0.5, 0.6) is 0 Å². The minimum absolute atomic E-state index is 0.0745. The molecule has 1 heterocycles. The fraction of sp³-hybridized carbons (Fsp3) is 0.636. The van der Waals surface area contributed by atoms with Crippen LogP contribution in [0.2, 0.25) is 0 Å². The van der Waals surface area contributed by atoms with E-state index in [2.05, 4.69) is 0 Å². The summed E-state index contributed by atoms with van der Waals surface area (Å²) in [6, 6.07) is 1.89. The average Bonchev–Trinajstić information content (AvgIpc) is 3.13. The molecule has 206 valence electrons. The number of carboxylic acids is 2. The number of benzene rings is 1. The molecule has 1 aliphatic heterocycles. The molecular weight excluding hydrogens is 502 g/mol. The number of nitrogens with two attached hydrogens (primary N) is 1. The first kappa shape index (κ1) is 31.6. The number of aliphatic hydroxyl groups is 2. The molecule has 0 aliphatic carbocycles. The molecule has 0 saturated carbocycles. The van der Waals surface area contributed by atoms with Crippen LogP contribution >= 0.6 is 0 Å². The first-order valence-electron chi connectivity index (χ1n) is 11.0. The summed E-state index contributed by atoms with van der Waals surface area (Å²) in [5, 5.41) is 32.5. The highest BCUT2D eigenvalue weighted by Crippen LogP contribution is 2.38. The second-order valence-corrected chi connectivity index (χ2v) is 9.35. The van der Waals surface area contributed by atoms with Gasteiger partial charge in [0.2, 0.25) is 0 Å². The van der Waals surface area contributed by atoms with Gasteiger partial charge in [-0.15, -0.1) is 0 Å². The van der Waals surface area contributed by atoms with Crippen LogP contribution in [0.15, 0.2) is 18.2 Å². The molecule has 1 fully saturated rings. The molecule has 14 heteroatoms. The van der Waals surface area contributed by atoms with Crippen LogP contribution in [0.1, 0.15) is 37.0 Å². The second-order valence-electron chi connectivity index (χ2n) is 9.35. The Kier molecular flexibility index (Phi) is 10.7. The van der Waals surface area contributed by atoms with E-state index < -0.39 is 47.6 Å². The zero-order valence-corrected chi connectivity index (χ0v) is 19.7. The standard InChI is InChI=1S/C18H25F6N2.C4H6O6/c1-12(2)9-26(4-3-13(8-25)10-26)11-14-5-15(17(19,20)21)7-16(6-14)18(22,23)24;5-1(3(7)8)2(6)4(9)10/h5-7,12-13H,3-4,8-11,25H2,1-2H3;1-2,5-6H,(H,7,8)(H,9,10)/q+1;/t13-,26?;/m0./s1. The van der Waals surface area contributed by atoms with Crippen LogP contribution in [-0.4, -0.2) is 75.2 Å². The first-order valence-corrected chi connectivity index (χ1v) is 11.0. The normalized spacial score (nSPS) is 22.1. The summed E-state index contributed by atoms with van der Waals surface area (Å²) in [7, 11) is 0. The highest BCUT2D eigenvalue weighted by atomic mass is 19.4. The van der Waals surface area contributed by atoms with E-state index >= 15 is 0 Å². The van der Waals surface area contributed by atoms with E-state index in [-0.39, 0.29) is 30.0 Å². The van der Waals surface area contributed by atoms with Gasteiger partial charge in [-0.2, -0.15) is 26.3 Å². The average molecular weight is 533 g/mol. The van der Waals surface area contributed by atoms with Crippen LogP contribution in [-0.2, 0) is 28.5 Å². The maximum atomic E-state index is 13.1. The predicted molar refractivity (Wildman–Crippen MR) is 114 cm³/mol. The van der Waals surface area contributed by atoms with Gasteiger partial charge in [0.1, 0.15) is 6.54 Å². The summed E-state index contributed by atoms with van der Waals surface area (Å²) < 4.78 is 79.0. The lowest BCUT2D eigenvalue weighted by atomic mass is 10.0. The van der Waals surface area contributed by atoms with Gasteiger partial charge in [-0.25, -0.2) is 9.59 Å². The van der Waals surface area contributed by atoms with Crippen molar-refractivity contribution in [1.29, 1.82) is 0 Å². The Morgan fingerprint density at radius 1 is 0.972 bits per heavy atom. The summed E-state index contributed by atoms with van der Waals surface area (Å²) >= 11 is 0. The smallest absolute Gasteiger partial charge is 0.416 e. The van der Waals surface area contributed by atoms with Gasteiger partial charge in [-0.3, -0.25) is 0 Å². The number of quaternary nitrogens is 1. The number of aliphatic carboxylic acids is 2. The molecule has 0 aromatic heterocycles. The number of halogens is 6. The molecule has 3 unspecified atom stereocenters. The monoisotopic (exact) mass is 533 g/mol. The number of hydrogen-bond acceptors (Lipinski definition) is 5. The first-order chi connectivity index (χ1) is 16.3. The SMILES string of the molecule is CC(C)C[N+]1(Cc2cc(C(F)(F)F)cc(C(F)(F)F)c2)CC[C@@H](CN)C1.O=C(O)C(O)C(O)C(=O)O. The lowest BCUT2D eigenvalue weighted by Crippen LogP contribution is -2.48. The van der Waals surface area contributed by atoms with E-state index in [9.17, 15) is 35.9 Å². The van der Waals surface area contributed by atoms with Gasteiger partial charge in [0.15, 0.2) is 12.2 Å². The largest absolute Gasteiger partial charge is 0.479 e. The van der Waals surface area contributed by atoms with Gasteiger partial charge in [0.05, 0.1) is 30.8 Å². The van der Waals surface area contributed by atoms with Gasteiger partial charge in [-0.05, 0) is 18.2 Å². The molecule has 8 nitrogen and oxygen atoms in total. The minimum atomic E-state index is -4.82. The molecule has 1 saturated heterocycles. The van der Waals surface area contributed by atoms with Crippen molar-refractivity contribution in [3.05, 3.63) is 34.9 Å². The van der Waals surface area contributed by atoms with Crippen LogP contribution in [0.25, 0.3) is 0 Å². The van der Waals surface area contributed by atoms with Crippen molar-refractivity contribution in [2.24, 2.45) is 17.6 Å². The molecule has 2 rings (SSSR count). The third kappa shape index (κ3) is 9.22.